The molecule has 1 aliphatic rings. The molecule has 1 aliphatic carbocycles. The van der Waals surface area contributed by atoms with Crippen LogP contribution < -0.4 is 0 Å². The first-order valence-corrected chi connectivity index (χ1v) is 4.82. The number of aliphatic hydroxyl groups is 1. The lowest BCUT2D eigenvalue weighted by Crippen LogP contribution is -2.13. The summed E-state index contributed by atoms with van der Waals surface area (Å²) in [6, 6.07) is 0. The van der Waals surface area contributed by atoms with Crippen LogP contribution >= 0.6 is 0 Å². The second-order valence-corrected chi connectivity index (χ2v) is 4.67. The van der Waals surface area contributed by atoms with E-state index in [4.69, 9.17) is 0 Å². The van der Waals surface area contributed by atoms with Gasteiger partial charge in [0.15, 0.2) is 0 Å². The molecule has 0 aliphatic heterocycles. The molecule has 0 bridgehead atoms. The quantitative estimate of drug-likeness (QED) is 0.640. The molecule has 0 aromatic heterocycles. The monoisotopic (exact) mass is 168 g/mol. The predicted octanol–water partition coefficient (Wildman–Crippen LogP) is 2.75. The van der Waals surface area contributed by atoms with Crippen molar-refractivity contribution in [2.24, 2.45) is 11.3 Å². The highest BCUT2D eigenvalue weighted by atomic mass is 16.3. The molecule has 2 atom stereocenters. The van der Waals surface area contributed by atoms with Gasteiger partial charge in [0.25, 0.3) is 0 Å². The molecular weight excluding hydrogens is 148 g/mol. The molecule has 1 nitrogen and oxygen atoms in total. The molecule has 0 amide bonds. The lowest BCUT2D eigenvalue weighted by molar-refractivity contribution is 0.136. The van der Waals surface area contributed by atoms with Crippen molar-refractivity contribution in [2.45, 2.75) is 46.1 Å². The molecule has 1 fully saturated rings. The lowest BCUT2D eigenvalue weighted by Gasteiger charge is -2.12. The summed E-state index contributed by atoms with van der Waals surface area (Å²) in [6.07, 6.45) is 2.81. The van der Waals surface area contributed by atoms with Crippen LogP contribution in [0.15, 0.2) is 12.2 Å². The fourth-order valence-corrected chi connectivity index (χ4v) is 1.75. The highest BCUT2D eigenvalue weighted by molar-refractivity contribution is 5.04. The van der Waals surface area contributed by atoms with Crippen molar-refractivity contribution in [1.82, 2.24) is 0 Å². The minimum Gasteiger partial charge on any atom is -0.392 e. The minimum atomic E-state index is -0.146. The smallest absolute Gasteiger partial charge is 0.0610 e. The molecule has 1 rings (SSSR count). The summed E-state index contributed by atoms with van der Waals surface area (Å²) in [5.74, 6) is 0.515. The summed E-state index contributed by atoms with van der Waals surface area (Å²) in [7, 11) is 0. The zero-order chi connectivity index (χ0) is 9.35. The Kier molecular flexibility index (Phi) is 2.62. The van der Waals surface area contributed by atoms with E-state index in [1.165, 1.54) is 12.0 Å². The third kappa shape index (κ3) is 2.10. The Bertz CT molecular complexity index is 181. The van der Waals surface area contributed by atoms with Gasteiger partial charge < -0.3 is 5.11 Å². The van der Waals surface area contributed by atoms with Crippen LogP contribution in [0.2, 0.25) is 0 Å². The van der Waals surface area contributed by atoms with Crippen molar-refractivity contribution in [2.75, 3.05) is 0 Å². The summed E-state index contributed by atoms with van der Waals surface area (Å²) in [5.41, 5.74) is 1.55. The van der Waals surface area contributed by atoms with E-state index in [0.717, 1.165) is 12.8 Å². The predicted molar refractivity (Wildman–Crippen MR) is 51.9 cm³/mol. The molecule has 1 N–H and O–H groups in total. The van der Waals surface area contributed by atoms with Crippen molar-refractivity contribution in [3.63, 3.8) is 0 Å². The topological polar surface area (TPSA) is 20.2 Å². The molecule has 0 saturated heterocycles. The van der Waals surface area contributed by atoms with E-state index in [9.17, 15) is 5.11 Å². The van der Waals surface area contributed by atoms with E-state index >= 15 is 0 Å². The van der Waals surface area contributed by atoms with E-state index in [1.807, 2.05) is 0 Å². The normalized spacial score (nSPS) is 28.2. The molecule has 0 aromatic rings. The first-order chi connectivity index (χ1) is 5.47. The maximum atomic E-state index is 9.77. The highest BCUT2D eigenvalue weighted by Gasteiger charge is 2.49. The summed E-state index contributed by atoms with van der Waals surface area (Å²) in [4.78, 5) is 0. The van der Waals surface area contributed by atoms with Gasteiger partial charge in [-0.15, -0.1) is 0 Å². The van der Waals surface area contributed by atoms with Gasteiger partial charge in [-0.05, 0) is 30.6 Å². The van der Waals surface area contributed by atoms with Gasteiger partial charge in [0.05, 0.1) is 6.10 Å². The Labute approximate surface area is 75.5 Å². The molecule has 0 spiro atoms. The first-order valence-electron chi connectivity index (χ1n) is 4.82. The van der Waals surface area contributed by atoms with Crippen molar-refractivity contribution in [3.8, 4) is 0 Å². The van der Waals surface area contributed by atoms with Gasteiger partial charge >= 0.3 is 0 Å². The lowest BCUT2D eigenvalue weighted by atomic mass is 9.99. The zero-order valence-electron chi connectivity index (χ0n) is 8.43. The van der Waals surface area contributed by atoms with E-state index in [0.29, 0.717) is 11.3 Å². The maximum Gasteiger partial charge on any atom is 0.0610 e. The summed E-state index contributed by atoms with van der Waals surface area (Å²) < 4.78 is 0. The van der Waals surface area contributed by atoms with Crippen molar-refractivity contribution in [1.29, 1.82) is 0 Å². The standard InChI is InChI=1S/C11H20O/c1-5-8(2)6-10(12)9-7-11(9,3)4/h9-10,12H,2,5-7H2,1,3-4H3. The van der Waals surface area contributed by atoms with Crippen LogP contribution in [-0.4, -0.2) is 11.2 Å². The van der Waals surface area contributed by atoms with Crippen molar-refractivity contribution >= 4 is 0 Å². The fraction of sp³-hybridized carbons (Fsp3) is 0.818. The molecule has 2 unspecified atom stereocenters. The second kappa shape index (κ2) is 3.21. The van der Waals surface area contributed by atoms with Crippen LogP contribution in [0.4, 0.5) is 0 Å². The van der Waals surface area contributed by atoms with Crippen molar-refractivity contribution < 1.29 is 5.11 Å². The Morgan fingerprint density at radius 3 is 2.50 bits per heavy atom. The van der Waals surface area contributed by atoms with Gasteiger partial charge in [-0.2, -0.15) is 0 Å². The fourth-order valence-electron chi connectivity index (χ4n) is 1.75. The van der Waals surface area contributed by atoms with E-state index < -0.39 is 0 Å². The maximum absolute atomic E-state index is 9.77. The van der Waals surface area contributed by atoms with Gasteiger partial charge in [-0.1, -0.05) is 32.9 Å². The molecular formula is C11H20O. The average Bonchev–Trinajstić information content (AvgIpc) is 2.59. The Hall–Kier alpha value is -0.300. The van der Waals surface area contributed by atoms with E-state index in [2.05, 4.69) is 27.4 Å². The van der Waals surface area contributed by atoms with E-state index in [1.54, 1.807) is 0 Å². The number of aliphatic hydroxyl groups excluding tert-OH is 1. The SMILES string of the molecule is C=C(CC)CC(O)C1CC1(C)C. The molecule has 12 heavy (non-hydrogen) atoms. The van der Waals surface area contributed by atoms with Crippen molar-refractivity contribution in [3.05, 3.63) is 12.2 Å². The third-order valence-corrected chi connectivity index (χ3v) is 3.05. The van der Waals surface area contributed by atoms with Crippen LogP contribution in [-0.2, 0) is 0 Å². The summed E-state index contributed by atoms with van der Waals surface area (Å²) >= 11 is 0. The molecule has 1 heteroatoms. The molecule has 1 saturated carbocycles. The summed E-state index contributed by atoms with van der Waals surface area (Å²) in [6.45, 7) is 10.4. The van der Waals surface area contributed by atoms with Gasteiger partial charge in [0, 0.05) is 0 Å². The Morgan fingerprint density at radius 2 is 2.17 bits per heavy atom. The minimum absolute atomic E-state index is 0.146. The van der Waals surface area contributed by atoms with Crippen LogP contribution in [0.3, 0.4) is 0 Å². The van der Waals surface area contributed by atoms with Gasteiger partial charge in [0.1, 0.15) is 0 Å². The van der Waals surface area contributed by atoms with Gasteiger partial charge in [-0.3, -0.25) is 0 Å². The van der Waals surface area contributed by atoms with Crippen LogP contribution in [0.1, 0.15) is 40.0 Å². The van der Waals surface area contributed by atoms with Crippen LogP contribution in [0.25, 0.3) is 0 Å². The van der Waals surface area contributed by atoms with Gasteiger partial charge in [-0.25, -0.2) is 0 Å². The van der Waals surface area contributed by atoms with Crippen LogP contribution in [0, 0.1) is 11.3 Å². The molecule has 70 valence electrons. The highest BCUT2D eigenvalue weighted by Crippen LogP contribution is 2.54. The molecule has 0 aromatic carbocycles. The Balaban J connectivity index is 2.31. The largest absolute Gasteiger partial charge is 0.392 e. The number of rotatable bonds is 4. The number of hydrogen-bond acceptors (Lipinski definition) is 1. The number of hydrogen-bond donors (Lipinski definition) is 1. The summed E-state index contributed by atoms with van der Waals surface area (Å²) in [5, 5.41) is 9.77. The third-order valence-electron chi connectivity index (χ3n) is 3.05. The Morgan fingerprint density at radius 1 is 1.67 bits per heavy atom. The second-order valence-electron chi connectivity index (χ2n) is 4.67. The van der Waals surface area contributed by atoms with E-state index in [-0.39, 0.29) is 6.10 Å². The van der Waals surface area contributed by atoms with Gasteiger partial charge in [0.2, 0.25) is 0 Å². The van der Waals surface area contributed by atoms with Crippen LogP contribution in [0.5, 0.6) is 0 Å². The zero-order valence-corrected chi connectivity index (χ0v) is 8.43. The first kappa shape index (κ1) is 9.79. The average molecular weight is 168 g/mol. The molecule has 0 heterocycles. The molecule has 0 radical (unpaired) electrons.